The zero-order valence-electron chi connectivity index (χ0n) is 2.42. The first-order valence-corrected chi connectivity index (χ1v) is 0. The second-order valence-corrected chi connectivity index (χ2v) is 0. The summed E-state index contributed by atoms with van der Waals surface area (Å²) in [5.74, 6) is 0. The van der Waals surface area contributed by atoms with E-state index >= 15 is 0 Å². The third-order valence-electron chi connectivity index (χ3n) is 0. The molecule has 0 bridgehead atoms. The van der Waals surface area contributed by atoms with Crippen LogP contribution >= 0.6 is 0 Å². The standard InChI is InChI=1S/Li.Mn.2Ni.O/q+1;3*+2;-2. The molecular weight excluding hydrogens is 195 g/mol. The van der Waals surface area contributed by atoms with Crippen LogP contribution in [0, 0.1) is 0 Å². The second kappa shape index (κ2) is 36.5. The third kappa shape index (κ3) is 23.5. The number of hydrogen-bond acceptors (Lipinski definition) is 0. The van der Waals surface area contributed by atoms with E-state index in [-0.39, 0.29) is 74.4 Å². The summed E-state index contributed by atoms with van der Waals surface area (Å²) in [4.78, 5) is 0. The van der Waals surface area contributed by atoms with Crippen LogP contribution in [0.5, 0.6) is 0 Å². The first-order valence-electron chi connectivity index (χ1n) is 0. The molecule has 0 unspecified atom stereocenters. The molecule has 0 saturated heterocycles. The smallest absolute Gasteiger partial charge is 2.00 e. The van der Waals surface area contributed by atoms with Crippen LogP contribution in [-0.2, 0) is 55.5 Å². The molecule has 0 N–H and O–H groups in total. The molecule has 1 nitrogen and oxygen atoms in total. The minimum Gasteiger partial charge on any atom is -2.00 e. The van der Waals surface area contributed by atoms with E-state index in [1.807, 2.05) is 0 Å². The van der Waals surface area contributed by atoms with Crippen molar-refractivity contribution in [2.45, 2.75) is 0 Å². The molecule has 1 radical (unpaired) electrons. The van der Waals surface area contributed by atoms with Crippen molar-refractivity contribution in [2.24, 2.45) is 0 Å². The van der Waals surface area contributed by atoms with Gasteiger partial charge in [0.15, 0.2) is 0 Å². The van der Waals surface area contributed by atoms with Gasteiger partial charge >= 0.3 is 68.9 Å². The van der Waals surface area contributed by atoms with Crippen molar-refractivity contribution >= 4 is 0 Å². The quantitative estimate of drug-likeness (QED) is 0.366. The second-order valence-electron chi connectivity index (χ2n) is 0. The first-order chi connectivity index (χ1) is 0. The molecule has 0 aliphatic rings. The summed E-state index contributed by atoms with van der Waals surface area (Å²) in [6.45, 7) is 0. The summed E-state index contributed by atoms with van der Waals surface area (Å²) < 4.78 is 0. The van der Waals surface area contributed by atoms with Gasteiger partial charge in [0.05, 0.1) is 0 Å². The SMILES string of the molecule is [Li+].[Mn+2].[Ni+2].[Ni+2].[O-2]. The minimum absolute atomic E-state index is 0. The van der Waals surface area contributed by atoms with Crippen molar-refractivity contribution in [3.8, 4) is 0 Å². The van der Waals surface area contributed by atoms with Crippen molar-refractivity contribution < 1.29 is 74.4 Å². The molecule has 0 fully saturated rings. The average Bonchev–Trinajstić information content (AvgIpc) is 0. The molecule has 5 heavy (non-hydrogen) atoms. The molecule has 0 atom stereocenters. The Labute approximate surface area is 73.8 Å². The fourth-order valence-corrected chi connectivity index (χ4v) is 0. The van der Waals surface area contributed by atoms with Crippen molar-refractivity contribution in [1.82, 2.24) is 0 Å². The van der Waals surface area contributed by atoms with Gasteiger partial charge in [0.2, 0.25) is 0 Å². The van der Waals surface area contributed by atoms with E-state index in [9.17, 15) is 0 Å². The third-order valence-corrected chi connectivity index (χ3v) is 0. The maximum atomic E-state index is 0. The van der Waals surface area contributed by atoms with Crippen LogP contribution in [0.4, 0.5) is 0 Å². The van der Waals surface area contributed by atoms with Gasteiger partial charge in [-0.1, -0.05) is 0 Å². The molecule has 0 aliphatic heterocycles. The Bertz CT molecular complexity index is 9.61. The molecule has 0 heterocycles. The molecule has 0 aromatic heterocycles. The topological polar surface area (TPSA) is 28.5 Å². The Hall–Kier alpha value is 2.06. The fourth-order valence-electron chi connectivity index (χ4n) is 0. The zero-order valence-corrected chi connectivity index (χ0v) is 5.57. The van der Waals surface area contributed by atoms with Gasteiger partial charge in [-0.3, -0.25) is 0 Å². The van der Waals surface area contributed by atoms with Crippen LogP contribution in [0.25, 0.3) is 0 Å². The van der Waals surface area contributed by atoms with Crippen LogP contribution < -0.4 is 18.9 Å². The molecule has 0 saturated carbocycles. The van der Waals surface area contributed by atoms with E-state index in [0.29, 0.717) is 0 Å². The Kier molecular flexibility index (Phi) is 445. The van der Waals surface area contributed by atoms with E-state index in [2.05, 4.69) is 0 Å². The Balaban J connectivity index is 0. The Morgan fingerprint density at radius 3 is 0.800 bits per heavy atom. The zero-order chi connectivity index (χ0) is 0. The van der Waals surface area contributed by atoms with Crippen LogP contribution in [0.15, 0.2) is 0 Å². The number of hydrogen-bond donors (Lipinski definition) is 0. The summed E-state index contributed by atoms with van der Waals surface area (Å²) in [7, 11) is 0. The van der Waals surface area contributed by atoms with Crippen molar-refractivity contribution in [2.75, 3.05) is 0 Å². The molecular formula is LiMnNi2O+5. The summed E-state index contributed by atoms with van der Waals surface area (Å²) in [5, 5.41) is 0. The number of rotatable bonds is 0. The molecule has 29 valence electrons. The maximum absolute atomic E-state index is 0. The Morgan fingerprint density at radius 2 is 0.800 bits per heavy atom. The fraction of sp³-hybridized carbons (Fsp3) is 0. The summed E-state index contributed by atoms with van der Waals surface area (Å²) in [6.07, 6.45) is 0. The van der Waals surface area contributed by atoms with Gasteiger partial charge in [0.1, 0.15) is 0 Å². The molecule has 0 spiro atoms. The molecule has 0 aromatic rings. The normalized spacial score (nSPS) is 0. The van der Waals surface area contributed by atoms with E-state index in [1.54, 1.807) is 0 Å². The Morgan fingerprint density at radius 1 is 0.800 bits per heavy atom. The monoisotopic (exact) mass is 194 g/mol. The van der Waals surface area contributed by atoms with Gasteiger partial charge in [0, 0.05) is 0 Å². The molecule has 0 aliphatic carbocycles. The molecule has 0 amide bonds. The van der Waals surface area contributed by atoms with E-state index in [1.165, 1.54) is 0 Å². The van der Waals surface area contributed by atoms with Crippen LogP contribution in [0.2, 0.25) is 0 Å². The van der Waals surface area contributed by atoms with Crippen LogP contribution in [-0.4, -0.2) is 0 Å². The summed E-state index contributed by atoms with van der Waals surface area (Å²) in [6, 6.07) is 0. The van der Waals surface area contributed by atoms with Crippen molar-refractivity contribution in [3.63, 3.8) is 0 Å². The van der Waals surface area contributed by atoms with Gasteiger partial charge in [-0.25, -0.2) is 0 Å². The minimum atomic E-state index is 0. The van der Waals surface area contributed by atoms with Crippen molar-refractivity contribution in [3.05, 3.63) is 0 Å². The molecule has 0 aromatic carbocycles. The van der Waals surface area contributed by atoms with Gasteiger partial charge in [-0.15, -0.1) is 0 Å². The van der Waals surface area contributed by atoms with Crippen LogP contribution in [0.1, 0.15) is 0 Å². The predicted octanol–water partition coefficient (Wildman–Crippen LogP) is -3.12. The van der Waals surface area contributed by atoms with E-state index in [0.717, 1.165) is 0 Å². The maximum Gasteiger partial charge on any atom is 2.00 e. The van der Waals surface area contributed by atoms with Gasteiger partial charge in [-0.05, 0) is 0 Å². The van der Waals surface area contributed by atoms with E-state index in [4.69, 9.17) is 0 Å². The van der Waals surface area contributed by atoms with E-state index < -0.39 is 0 Å². The largest absolute Gasteiger partial charge is 2.00 e. The summed E-state index contributed by atoms with van der Waals surface area (Å²) >= 11 is 0. The van der Waals surface area contributed by atoms with Gasteiger partial charge in [0.25, 0.3) is 0 Å². The van der Waals surface area contributed by atoms with Gasteiger partial charge in [-0.2, -0.15) is 0 Å². The molecule has 0 rings (SSSR count). The molecule has 5 heteroatoms. The van der Waals surface area contributed by atoms with Gasteiger partial charge < -0.3 is 5.48 Å². The summed E-state index contributed by atoms with van der Waals surface area (Å²) in [5.41, 5.74) is 0. The average molecular weight is 195 g/mol. The predicted molar refractivity (Wildman–Crippen MR) is 0.686 cm³/mol. The van der Waals surface area contributed by atoms with Crippen molar-refractivity contribution in [1.29, 1.82) is 0 Å². The first kappa shape index (κ1) is 61.0. The van der Waals surface area contributed by atoms with Crippen LogP contribution in [0.3, 0.4) is 0 Å².